The average Bonchev–Trinajstić information content (AvgIpc) is 3.15. The molecule has 162 valence electrons. The first-order valence-corrected chi connectivity index (χ1v) is 10.4. The molecule has 2 aromatic rings. The third-order valence-corrected chi connectivity index (χ3v) is 4.77. The summed E-state index contributed by atoms with van der Waals surface area (Å²) in [6.45, 7) is 7.58. The number of nitrogens with zero attached hydrogens (tertiary/aromatic N) is 2. The van der Waals surface area contributed by atoms with Crippen LogP contribution < -0.4 is 0 Å². The van der Waals surface area contributed by atoms with Crippen LogP contribution in [0.15, 0.2) is 59.8 Å². The minimum Gasteiger partial charge on any atom is -0.390 e. The molecule has 1 N–H and O–H groups in total. The number of hydrogen-bond donors (Lipinski definition) is 1. The first-order valence-electron chi connectivity index (χ1n) is 10.4. The van der Waals surface area contributed by atoms with E-state index >= 15 is 0 Å². The molecule has 1 heterocycles. The van der Waals surface area contributed by atoms with Crippen LogP contribution in [-0.2, 0) is 16.1 Å². The van der Waals surface area contributed by atoms with Crippen LogP contribution in [0.25, 0.3) is 0 Å². The molecule has 6 heteroatoms. The minimum absolute atomic E-state index is 0.121. The maximum absolute atomic E-state index is 13.6. The first kappa shape index (κ1) is 22.4. The fraction of sp³-hybridized carbons (Fsp3) is 0.458. The Labute approximate surface area is 178 Å². The van der Waals surface area contributed by atoms with Gasteiger partial charge in [-0.1, -0.05) is 47.6 Å². The number of aliphatic hydroxyl groups is 1. The van der Waals surface area contributed by atoms with Crippen molar-refractivity contribution in [1.82, 2.24) is 4.90 Å². The smallest absolute Gasteiger partial charge is 0.145 e. The van der Waals surface area contributed by atoms with E-state index in [2.05, 4.69) is 10.1 Å². The van der Waals surface area contributed by atoms with E-state index in [1.54, 1.807) is 6.07 Å². The fourth-order valence-corrected chi connectivity index (χ4v) is 3.41. The summed E-state index contributed by atoms with van der Waals surface area (Å²) >= 11 is 0. The zero-order valence-corrected chi connectivity index (χ0v) is 17.9. The lowest BCUT2D eigenvalue weighted by molar-refractivity contribution is -0.0600. The molecule has 5 nitrogen and oxygen atoms in total. The standard InChI is InChI=1S/C24H31FN2O3/c1-24(2,3)29-17-21(28)15-27(14-18-8-7-11-20(25)12-18)16-22-13-23(26-30-22)19-9-5-4-6-10-19/h4-12,21-22,28H,13-17H2,1-3H3. The van der Waals surface area contributed by atoms with Crippen molar-refractivity contribution in [2.45, 2.75) is 51.5 Å². The largest absolute Gasteiger partial charge is 0.390 e. The Bertz CT molecular complexity index is 836. The third-order valence-electron chi connectivity index (χ3n) is 4.77. The van der Waals surface area contributed by atoms with Crippen molar-refractivity contribution in [2.75, 3.05) is 19.7 Å². The van der Waals surface area contributed by atoms with E-state index in [0.29, 0.717) is 26.1 Å². The average molecular weight is 415 g/mol. The Morgan fingerprint density at radius 3 is 2.67 bits per heavy atom. The Balaban J connectivity index is 1.62. The summed E-state index contributed by atoms with van der Waals surface area (Å²) in [5, 5.41) is 14.8. The molecule has 1 aliphatic heterocycles. The molecule has 0 saturated heterocycles. The quantitative estimate of drug-likeness (QED) is 0.674. The zero-order chi connectivity index (χ0) is 21.6. The van der Waals surface area contributed by atoms with Crippen LogP contribution in [0.1, 0.15) is 38.3 Å². The molecule has 2 unspecified atom stereocenters. The minimum atomic E-state index is -0.659. The monoisotopic (exact) mass is 414 g/mol. The van der Waals surface area contributed by atoms with Gasteiger partial charge < -0.3 is 14.7 Å². The summed E-state index contributed by atoms with van der Waals surface area (Å²) in [4.78, 5) is 7.74. The van der Waals surface area contributed by atoms with Crippen molar-refractivity contribution < 1.29 is 19.1 Å². The molecule has 0 fully saturated rings. The van der Waals surface area contributed by atoms with E-state index in [1.165, 1.54) is 12.1 Å². The molecule has 0 amide bonds. The number of oxime groups is 1. The summed E-state index contributed by atoms with van der Waals surface area (Å²) < 4.78 is 19.4. The van der Waals surface area contributed by atoms with E-state index in [9.17, 15) is 9.50 Å². The van der Waals surface area contributed by atoms with E-state index in [-0.39, 0.29) is 24.1 Å². The predicted molar refractivity (Wildman–Crippen MR) is 116 cm³/mol. The number of ether oxygens (including phenoxy) is 1. The van der Waals surface area contributed by atoms with Crippen molar-refractivity contribution in [3.8, 4) is 0 Å². The number of rotatable bonds is 9. The van der Waals surface area contributed by atoms with E-state index < -0.39 is 6.10 Å². The summed E-state index contributed by atoms with van der Waals surface area (Å²) in [6, 6.07) is 16.5. The Morgan fingerprint density at radius 2 is 1.97 bits per heavy atom. The van der Waals surface area contributed by atoms with Crippen LogP contribution in [0.2, 0.25) is 0 Å². The molecule has 0 bridgehead atoms. The second-order valence-electron chi connectivity index (χ2n) is 8.74. The molecular weight excluding hydrogens is 383 g/mol. The number of benzene rings is 2. The Morgan fingerprint density at radius 1 is 1.20 bits per heavy atom. The Kier molecular flexibility index (Phi) is 7.58. The molecule has 1 aliphatic rings. The van der Waals surface area contributed by atoms with Gasteiger partial charge in [-0.15, -0.1) is 0 Å². The first-order chi connectivity index (χ1) is 14.3. The lowest BCUT2D eigenvalue weighted by Gasteiger charge is -2.28. The number of halogens is 1. The zero-order valence-electron chi connectivity index (χ0n) is 17.9. The normalized spacial score (nSPS) is 17.7. The molecule has 30 heavy (non-hydrogen) atoms. The van der Waals surface area contributed by atoms with Gasteiger partial charge in [0.15, 0.2) is 0 Å². The third kappa shape index (κ3) is 7.20. The van der Waals surface area contributed by atoms with Gasteiger partial charge in [-0.2, -0.15) is 0 Å². The second-order valence-corrected chi connectivity index (χ2v) is 8.74. The highest BCUT2D eigenvalue weighted by atomic mass is 19.1. The highest BCUT2D eigenvalue weighted by molar-refractivity contribution is 6.01. The summed E-state index contributed by atoms with van der Waals surface area (Å²) in [5.74, 6) is -0.268. The molecule has 3 rings (SSSR count). The highest BCUT2D eigenvalue weighted by Gasteiger charge is 2.26. The van der Waals surface area contributed by atoms with Gasteiger partial charge in [0.1, 0.15) is 11.9 Å². The lowest BCUT2D eigenvalue weighted by atomic mass is 10.0. The van der Waals surface area contributed by atoms with Gasteiger partial charge in [0.05, 0.1) is 24.0 Å². The predicted octanol–water partition coefficient (Wildman–Crippen LogP) is 4.00. The molecule has 0 saturated carbocycles. The summed E-state index contributed by atoms with van der Waals surface area (Å²) in [6.07, 6.45) is -0.0867. The van der Waals surface area contributed by atoms with Crippen molar-refractivity contribution in [3.05, 3.63) is 71.5 Å². The van der Waals surface area contributed by atoms with Gasteiger partial charge in [-0.25, -0.2) is 4.39 Å². The van der Waals surface area contributed by atoms with Crippen molar-refractivity contribution >= 4 is 5.71 Å². The molecule has 0 radical (unpaired) electrons. The molecule has 2 aromatic carbocycles. The van der Waals surface area contributed by atoms with Gasteiger partial charge in [-0.3, -0.25) is 4.90 Å². The molecule has 0 aliphatic carbocycles. The van der Waals surface area contributed by atoms with Crippen LogP contribution in [0.3, 0.4) is 0 Å². The Hall–Kier alpha value is -2.28. The fourth-order valence-electron chi connectivity index (χ4n) is 3.41. The second kappa shape index (κ2) is 10.2. The SMILES string of the molecule is CC(C)(C)OCC(O)CN(Cc1cccc(F)c1)CC1CC(c2ccccc2)=NO1. The molecular formula is C24H31FN2O3. The van der Waals surface area contributed by atoms with E-state index in [4.69, 9.17) is 9.57 Å². The van der Waals surface area contributed by atoms with Crippen molar-refractivity contribution in [3.63, 3.8) is 0 Å². The van der Waals surface area contributed by atoms with Gasteiger partial charge >= 0.3 is 0 Å². The van der Waals surface area contributed by atoms with Crippen LogP contribution in [0.5, 0.6) is 0 Å². The molecule has 0 spiro atoms. The van der Waals surface area contributed by atoms with Crippen LogP contribution in [0.4, 0.5) is 4.39 Å². The van der Waals surface area contributed by atoms with Crippen molar-refractivity contribution in [2.24, 2.45) is 5.16 Å². The van der Waals surface area contributed by atoms with E-state index in [0.717, 1.165) is 16.8 Å². The van der Waals surface area contributed by atoms with Gasteiger partial charge in [0.2, 0.25) is 0 Å². The maximum Gasteiger partial charge on any atom is 0.145 e. The van der Waals surface area contributed by atoms with E-state index in [1.807, 2.05) is 57.2 Å². The summed E-state index contributed by atoms with van der Waals surface area (Å²) in [7, 11) is 0. The van der Waals surface area contributed by atoms with Crippen LogP contribution in [-0.4, -0.2) is 53.2 Å². The number of hydrogen-bond acceptors (Lipinski definition) is 5. The van der Waals surface area contributed by atoms with Gasteiger partial charge in [0, 0.05) is 26.1 Å². The topological polar surface area (TPSA) is 54.3 Å². The maximum atomic E-state index is 13.6. The van der Waals surface area contributed by atoms with Crippen LogP contribution in [0, 0.1) is 5.82 Å². The number of aliphatic hydroxyl groups excluding tert-OH is 1. The summed E-state index contributed by atoms with van der Waals surface area (Å²) in [5.41, 5.74) is 2.50. The van der Waals surface area contributed by atoms with Gasteiger partial charge in [-0.05, 0) is 44.0 Å². The van der Waals surface area contributed by atoms with Gasteiger partial charge in [0.25, 0.3) is 0 Å². The lowest BCUT2D eigenvalue weighted by Crippen LogP contribution is -2.40. The highest BCUT2D eigenvalue weighted by Crippen LogP contribution is 2.19. The van der Waals surface area contributed by atoms with Crippen molar-refractivity contribution in [1.29, 1.82) is 0 Å². The van der Waals surface area contributed by atoms with Crippen LogP contribution >= 0.6 is 0 Å². The molecule has 0 aromatic heterocycles. The molecule has 2 atom stereocenters.